The molecule has 0 saturated carbocycles. The third-order valence-corrected chi connectivity index (χ3v) is 10.6. The third-order valence-electron chi connectivity index (χ3n) is 10.6. The zero-order valence-electron chi connectivity index (χ0n) is 28.6. The van der Waals surface area contributed by atoms with Crippen molar-refractivity contribution in [3.8, 4) is 73.3 Å². The fourth-order valence-electron chi connectivity index (χ4n) is 8.00. The molecular formula is C48H30O6. The van der Waals surface area contributed by atoms with Crippen LogP contribution in [0.5, 0.6) is 28.7 Å². The summed E-state index contributed by atoms with van der Waals surface area (Å²) in [4.78, 5) is 0. The van der Waals surface area contributed by atoms with Gasteiger partial charge in [-0.15, -0.1) is 0 Å². The molecule has 0 aliphatic rings. The van der Waals surface area contributed by atoms with Crippen LogP contribution in [0.2, 0.25) is 0 Å². The van der Waals surface area contributed by atoms with E-state index in [-0.39, 0.29) is 5.56 Å². The molecule has 6 nitrogen and oxygen atoms in total. The van der Waals surface area contributed by atoms with Gasteiger partial charge in [0.1, 0.15) is 11.2 Å². The molecule has 0 spiro atoms. The van der Waals surface area contributed by atoms with E-state index in [1.807, 2.05) is 24.3 Å². The lowest BCUT2D eigenvalue weighted by atomic mass is 9.85. The molecule has 0 unspecified atom stereocenters. The van der Waals surface area contributed by atoms with E-state index in [0.29, 0.717) is 11.1 Å². The van der Waals surface area contributed by atoms with Gasteiger partial charge in [0.2, 0.25) is 17.2 Å². The second kappa shape index (κ2) is 11.8. The van der Waals surface area contributed by atoms with E-state index < -0.39 is 28.7 Å². The first kappa shape index (κ1) is 31.3. The molecule has 0 fully saturated rings. The average molecular weight is 703 g/mol. The first-order valence-corrected chi connectivity index (χ1v) is 17.5. The summed E-state index contributed by atoms with van der Waals surface area (Å²) in [6, 6.07) is 51.8. The molecule has 1 heterocycles. The number of hydrogen-bond donors (Lipinski definition) is 5. The Bertz CT molecular complexity index is 3060. The van der Waals surface area contributed by atoms with Crippen LogP contribution in [-0.4, -0.2) is 25.5 Å². The Kier molecular flexibility index (Phi) is 6.84. The smallest absolute Gasteiger partial charge is 0.208 e. The van der Waals surface area contributed by atoms with E-state index >= 15 is 0 Å². The molecular weight excluding hydrogens is 673 g/mol. The number of hydrogen-bond acceptors (Lipinski definition) is 6. The number of phenolic OH excluding ortho intramolecular Hbond substituents is 5. The Balaban J connectivity index is 1.16. The second-order valence-electron chi connectivity index (χ2n) is 13.6. The van der Waals surface area contributed by atoms with Gasteiger partial charge in [-0.2, -0.15) is 0 Å². The van der Waals surface area contributed by atoms with Crippen LogP contribution < -0.4 is 0 Å². The molecule has 0 amide bonds. The fraction of sp³-hybridized carbons (Fsp3) is 0. The summed E-state index contributed by atoms with van der Waals surface area (Å²) in [6.45, 7) is 0. The van der Waals surface area contributed by atoms with Crippen LogP contribution in [0.25, 0.3) is 98.8 Å². The summed E-state index contributed by atoms with van der Waals surface area (Å²) in [5, 5.41) is 59.6. The highest BCUT2D eigenvalue weighted by Crippen LogP contribution is 2.55. The molecule has 1 aromatic heterocycles. The molecule has 0 atom stereocenters. The number of rotatable bonds is 4. The average Bonchev–Trinajstić information content (AvgIpc) is 3.57. The van der Waals surface area contributed by atoms with Crippen LogP contribution in [0.1, 0.15) is 0 Å². The minimum atomic E-state index is -0.996. The Hall–Kier alpha value is -7.44. The molecule has 0 bridgehead atoms. The van der Waals surface area contributed by atoms with Crippen molar-refractivity contribution < 1.29 is 29.9 Å². The van der Waals surface area contributed by atoms with Crippen LogP contribution in [0, 0.1) is 0 Å². The number of benzene rings is 9. The Morgan fingerprint density at radius 3 is 1.37 bits per heavy atom. The zero-order valence-corrected chi connectivity index (χ0v) is 28.6. The van der Waals surface area contributed by atoms with Gasteiger partial charge in [-0.3, -0.25) is 0 Å². The SMILES string of the molecule is Oc1c(O)c(O)c(-c2ccc3cc4oc5ccc(-c6c7ccccc7c(-c7ccc(-c8ccccc8)cc7)c7ccccc67)cc5c4cc3c2)c(O)c1O. The number of aromatic hydroxyl groups is 5. The molecule has 0 aliphatic carbocycles. The molecule has 10 aromatic rings. The van der Waals surface area contributed by atoms with E-state index in [1.54, 1.807) is 18.2 Å². The van der Waals surface area contributed by atoms with Gasteiger partial charge >= 0.3 is 0 Å². The quantitative estimate of drug-likeness (QED) is 0.0708. The summed E-state index contributed by atoms with van der Waals surface area (Å²) < 4.78 is 6.37. The van der Waals surface area contributed by atoms with Gasteiger partial charge in [0.05, 0.1) is 5.56 Å². The molecule has 6 heteroatoms. The summed E-state index contributed by atoms with van der Waals surface area (Å²) >= 11 is 0. The lowest BCUT2D eigenvalue weighted by Gasteiger charge is -2.18. The molecule has 10 rings (SSSR count). The molecule has 5 N–H and O–H groups in total. The monoisotopic (exact) mass is 702 g/mol. The van der Waals surface area contributed by atoms with Crippen molar-refractivity contribution in [1.82, 2.24) is 0 Å². The molecule has 0 radical (unpaired) electrons. The maximum absolute atomic E-state index is 10.6. The Morgan fingerprint density at radius 2 is 0.741 bits per heavy atom. The van der Waals surface area contributed by atoms with Crippen LogP contribution in [0.3, 0.4) is 0 Å². The fourth-order valence-corrected chi connectivity index (χ4v) is 8.00. The summed E-state index contributed by atoms with van der Waals surface area (Å²) in [5.74, 6) is -4.31. The number of phenols is 5. The topological polar surface area (TPSA) is 114 Å². The first-order valence-electron chi connectivity index (χ1n) is 17.5. The summed E-state index contributed by atoms with van der Waals surface area (Å²) in [5.41, 5.74) is 8.44. The largest absolute Gasteiger partial charge is 0.504 e. The zero-order chi connectivity index (χ0) is 36.7. The van der Waals surface area contributed by atoms with E-state index in [2.05, 4.69) is 109 Å². The standard InChI is InChI=1S/C48H30O6/c49-44-43(45(50)47(52)48(53)46(44)51)30-19-18-29-25-40-38(24-32(29)22-30)37-23-31(20-21-39(37)54-40)42-35-12-6-4-10-33(35)41(34-11-5-7-13-36(34)42)28-16-14-27(15-17-28)26-8-2-1-3-9-26/h1-25,49-53H. The highest BCUT2D eigenvalue weighted by atomic mass is 16.4. The van der Waals surface area contributed by atoms with Crippen LogP contribution in [0.15, 0.2) is 156 Å². The molecule has 9 aromatic carbocycles. The van der Waals surface area contributed by atoms with Gasteiger partial charge < -0.3 is 29.9 Å². The normalized spacial score (nSPS) is 11.7. The molecule has 0 saturated heterocycles. The second-order valence-corrected chi connectivity index (χ2v) is 13.6. The Labute approximate surface area is 308 Å². The molecule has 0 aliphatic heterocycles. The van der Waals surface area contributed by atoms with Crippen LogP contribution in [0.4, 0.5) is 0 Å². The maximum Gasteiger partial charge on any atom is 0.208 e. The predicted octanol–water partition coefficient (Wildman–Crippen LogP) is 12.2. The van der Waals surface area contributed by atoms with Gasteiger partial charge in [-0.05, 0) is 102 Å². The molecule has 54 heavy (non-hydrogen) atoms. The minimum Gasteiger partial charge on any atom is -0.504 e. The van der Waals surface area contributed by atoms with Crippen molar-refractivity contribution in [2.75, 3.05) is 0 Å². The van der Waals surface area contributed by atoms with Gasteiger partial charge in [-0.1, -0.05) is 121 Å². The third kappa shape index (κ3) is 4.67. The number of fused-ring (bicyclic) bond motifs is 6. The van der Waals surface area contributed by atoms with Crippen molar-refractivity contribution >= 4 is 54.3 Å². The highest BCUT2D eigenvalue weighted by Gasteiger charge is 2.25. The van der Waals surface area contributed by atoms with Crippen molar-refractivity contribution in [1.29, 1.82) is 0 Å². The molecule has 258 valence electrons. The lowest BCUT2D eigenvalue weighted by molar-refractivity contribution is 0.330. The van der Waals surface area contributed by atoms with Crippen LogP contribution >= 0.6 is 0 Å². The van der Waals surface area contributed by atoms with E-state index in [0.717, 1.165) is 65.4 Å². The van der Waals surface area contributed by atoms with Crippen molar-refractivity contribution in [3.63, 3.8) is 0 Å². The van der Waals surface area contributed by atoms with Crippen LogP contribution in [-0.2, 0) is 0 Å². The Morgan fingerprint density at radius 1 is 0.278 bits per heavy atom. The highest BCUT2D eigenvalue weighted by molar-refractivity contribution is 6.22. The summed E-state index contributed by atoms with van der Waals surface area (Å²) in [6.07, 6.45) is 0. The van der Waals surface area contributed by atoms with E-state index in [1.165, 1.54) is 16.7 Å². The van der Waals surface area contributed by atoms with E-state index in [4.69, 9.17) is 4.42 Å². The van der Waals surface area contributed by atoms with Crippen molar-refractivity contribution in [2.45, 2.75) is 0 Å². The first-order chi connectivity index (χ1) is 26.4. The minimum absolute atomic E-state index is 0.196. The predicted molar refractivity (Wildman–Crippen MR) is 216 cm³/mol. The van der Waals surface area contributed by atoms with Gasteiger partial charge in [0, 0.05) is 10.8 Å². The van der Waals surface area contributed by atoms with Gasteiger partial charge in [0.15, 0.2) is 11.5 Å². The van der Waals surface area contributed by atoms with Crippen molar-refractivity contribution in [2.24, 2.45) is 0 Å². The van der Waals surface area contributed by atoms with E-state index in [9.17, 15) is 25.5 Å². The lowest BCUT2D eigenvalue weighted by Crippen LogP contribution is -1.91. The summed E-state index contributed by atoms with van der Waals surface area (Å²) in [7, 11) is 0. The maximum atomic E-state index is 10.6. The number of furan rings is 1. The van der Waals surface area contributed by atoms with Crippen molar-refractivity contribution in [3.05, 3.63) is 152 Å². The van der Waals surface area contributed by atoms with Gasteiger partial charge in [0.25, 0.3) is 0 Å². The van der Waals surface area contributed by atoms with Gasteiger partial charge in [-0.25, -0.2) is 0 Å².